The second-order valence-electron chi connectivity index (χ2n) is 33.4. The Bertz CT molecular complexity index is 4430. The fourth-order valence-electron chi connectivity index (χ4n) is 17.4. The Morgan fingerprint density at radius 1 is 0.491 bits per heavy atom. The van der Waals surface area contributed by atoms with Crippen LogP contribution in [-0.4, -0.2) is 242 Å². The van der Waals surface area contributed by atoms with Gasteiger partial charge in [0, 0.05) is 206 Å². The minimum atomic E-state index is -3.78. The van der Waals surface area contributed by atoms with Gasteiger partial charge in [-0.3, -0.25) is 9.80 Å². The van der Waals surface area contributed by atoms with Gasteiger partial charge in [-0.25, -0.2) is 27.8 Å². The van der Waals surface area contributed by atoms with Crippen molar-refractivity contribution in [3.63, 3.8) is 0 Å². The Morgan fingerprint density at radius 3 is 1.45 bits per heavy atom. The average molecular weight is 1520 g/mol. The van der Waals surface area contributed by atoms with Crippen molar-refractivity contribution in [3.8, 4) is 22.3 Å². The fraction of sp³-hybridized carbons (Fsp3) is 0.600. The van der Waals surface area contributed by atoms with Gasteiger partial charge >= 0.3 is 0 Å². The summed E-state index contributed by atoms with van der Waals surface area (Å²) in [7, 11) is 2.59. The molecule has 3 saturated heterocycles. The van der Waals surface area contributed by atoms with E-state index in [9.17, 15) is 23.7 Å². The van der Waals surface area contributed by atoms with E-state index in [0.29, 0.717) is 74.1 Å². The number of nitrogens with one attached hydrogen (secondary N) is 3. The van der Waals surface area contributed by atoms with Crippen molar-refractivity contribution in [1.82, 2.24) is 67.8 Å². The third-order valence-corrected chi connectivity index (χ3v) is 26.9. The number of likely N-dealkylation sites (N-methyl/N-ethyl adjacent to an activating group) is 3. The zero-order valence-electron chi connectivity index (χ0n) is 65.5. The fourth-order valence-corrected chi connectivity index (χ4v) is 18.8. The standard InChI is InChI=1S/C29H40N6O.C28H37FN6O3S.C28H42N6O/c1-33-14-16-34(17-15-33)19-22-4-6-23(7-5-22)27-20-35(24-8-10-25(36)11-9-24)28-26(27)18-31-29(32-28)30-13-12-21-2-3-21;1-33-12-14-34(15-13-33)39(37,38)22-8-9-23(26(29)16-22)25-18-35(20-4-6-21(36)7-5-20)27-24(25)17-31-28(32-27)30-11-10-19-2-3-19;1-3-4-13-29-28-30-18-25-26(20-34(27(25)31-28)23-9-11-24(35)12-10-23)22-7-5-21(6-8-22)19-33-16-14-32(2)15-17-33/h4-7,18,20-21,24-25,36H,2-3,8-17,19H2,1H3,(H,30,31,32);8-9,16-21,36H,2-7,10-15H2,1H3,(H,30,31,32);5-8,18,23-24,26,35H,3-4,9-17,19-20H2,1-2H3,(H,29,30,31). The minimum absolute atomic E-state index is 0.0308. The molecule has 8 fully saturated rings. The second kappa shape index (κ2) is 35.8. The van der Waals surface area contributed by atoms with E-state index in [2.05, 4.69) is 141 Å². The lowest BCUT2D eigenvalue weighted by Gasteiger charge is -2.34. The number of rotatable bonds is 24. The van der Waals surface area contributed by atoms with Crippen LogP contribution < -0.4 is 20.9 Å². The summed E-state index contributed by atoms with van der Waals surface area (Å²) in [4.78, 5) is 43.2. The van der Waals surface area contributed by atoms with Crippen LogP contribution in [-0.2, 0) is 23.1 Å². The first-order valence-corrected chi connectivity index (χ1v) is 43.1. The molecular formula is C85H119FN18O5S. The van der Waals surface area contributed by atoms with Gasteiger partial charge in [-0.2, -0.15) is 19.3 Å². The third-order valence-electron chi connectivity index (χ3n) is 25.1. The summed E-state index contributed by atoms with van der Waals surface area (Å²) in [5, 5.41) is 42.2. The molecule has 6 N–H and O–H groups in total. The Hall–Kier alpha value is -7.30. The van der Waals surface area contributed by atoms with Crippen molar-refractivity contribution < 1.29 is 28.1 Å². The van der Waals surface area contributed by atoms with Crippen molar-refractivity contribution in [2.24, 2.45) is 11.8 Å². The van der Waals surface area contributed by atoms with E-state index in [1.807, 2.05) is 19.4 Å². The molecule has 0 spiro atoms. The number of halogens is 1. The van der Waals surface area contributed by atoms with E-state index in [1.54, 1.807) is 12.3 Å². The van der Waals surface area contributed by atoms with Crippen LogP contribution in [0, 0.1) is 17.7 Å². The Balaban J connectivity index is 0.000000131. The van der Waals surface area contributed by atoms with E-state index in [0.717, 1.165) is 233 Å². The number of nitrogens with zero attached hydrogens (tertiary/aromatic N) is 15. The molecule has 0 bridgehead atoms. The molecule has 592 valence electrons. The molecule has 25 heteroatoms. The maximum absolute atomic E-state index is 15.7. The van der Waals surface area contributed by atoms with Crippen LogP contribution in [0.15, 0.2) is 103 Å². The molecule has 0 amide bonds. The molecule has 5 aliphatic carbocycles. The van der Waals surface area contributed by atoms with Crippen LogP contribution in [0.3, 0.4) is 0 Å². The molecule has 4 aliphatic heterocycles. The first-order valence-electron chi connectivity index (χ1n) is 41.7. The summed E-state index contributed by atoms with van der Waals surface area (Å²) in [5.41, 5.74) is 10.5. The average Bonchev–Trinajstić information content (AvgIpc) is 1.75. The molecule has 5 aromatic heterocycles. The molecule has 1 unspecified atom stereocenters. The summed E-state index contributed by atoms with van der Waals surface area (Å²) in [6.45, 7) is 19.1. The smallest absolute Gasteiger partial charge is 0.243 e. The molecule has 9 heterocycles. The number of anilines is 4. The maximum atomic E-state index is 15.7. The van der Waals surface area contributed by atoms with Crippen LogP contribution in [0.25, 0.3) is 44.3 Å². The van der Waals surface area contributed by atoms with Crippen molar-refractivity contribution in [1.29, 1.82) is 0 Å². The van der Waals surface area contributed by atoms with Gasteiger partial charge in [0.2, 0.25) is 27.9 Å². The van der Waals surface area contributed by atoms with E-state index < -0.39 is 15.8 Å². The van der Waals surface area contributed by atoms with Crippen LogP contribution in [0.1, 0.15) is 176 Å². The van der Waals surface area contributed by atoms with Gasteiger partial charge in [-0.05, 0) is 164 Å². The minimum Gasteiger partial charge on any atom is -0.393 e. The number of unbranched alkanes of at least 4 members (excludes halogenated alkanes) is 1. The lowest BCUT2D eigenvalue weighted by molar-refractivity contribution is 0.111. The van der Waals surface area contributed by atoms with Gasteiger partial charge < -0.3 is 60.0 Å². The first-order chi connectivity index (χ1) is 53.5. The largest absolute Gasteiger partial charge is 0.393 e. The number of hydrogen-bond acceptors (Lipinski definition) is 20. The quantitative estimate of drug-likeness (QED) is 0.0308. The maximum Gasteiger partial charge on any atom is 0.243 e. The number of fused-ring (bicyclic) bond motifs is 3. The summed E-state index contributed by atoms with van der Waals surface area (Å²) in [5.74, 6) is 4.51. The summed E-state index contributed by atoms with van der Waals surface area (Å²) in [6.07, 6.45) is 29.9. The molecule has 23 nitrogen and oxygen atoms in total. The normalized spacial score (nSPS) is 24.2. The van der Waals surface area contributed by atoms with Crippen molar-refractivity contribution in [2.75, 3.05) is 147 Å². The van der Waals surface area contributed by atoms with Gasteiger partial charge in [-0.15, -0.1) is 0 Å². The first kappa shape index (κ1) is 78.0. The van der Waals surface area contributed by atoms with Gasteiger partial charge in [0.05, 0.1) is 23.2 Å². The number of aromatic nitrogens is 8. The number of benzene rings is 3. The van der Waals surface area contributed by atoms with Crippen molar-refractivity contribution in [3.05, 3.63) is 126 Å². The van der Waals surface area contributed by atoms with Gasteiger partial charge in [0.25, 0.3) is 0 Å². The van der Waals surface area contributed by atoms with Crippen molar-refractivity contribution in [2.45, 2.75) is 196 Å². The van der Waals surface area contributed by atoms with Crippen molar-refractivity contribution >= 4 is 55.8 Å². The van der Waals surface area contributed by atoms with Gasteiger partial charge in [0.15, 0.2) is 0 Å². The van der Waals surface area contributed by atoms with Gasteiger partial charge in [0.1, 0.15) is 22.9 Å². The molecule has 9 aliphatic rings. The van der Waals surface area contributed by atoms with Gasteiger partial charge in [-0.1, -0.05) is 93.6 Å². The monoisotopic (exact) mass is 1520 g/mol. The second-order valence-corrected chi connectivity index (χ2v) is 35.3. The number of piperazine rings is 3. The highest BCUT2D eigenvalue weighted by atomic mass is 32.2. The molecule has 110 heavy (non-hydrogen) atoms. The number of hydrogen-bond donors (Lipinski definition) is 6. The van der Waals surface area contributed by atoms with Crippen LogP contribution >= 0.6 is 0 Å². The number of sulfonamides is 1. The van der Waals surface area contributed by atoms with Crippen LogP contribution in [0.4, 0.5) is 28.1 Å². The number of aliphatic hydroxyl groups is 3. The molecule has 5 saturated carbocycles. The third kappa shape index (κ3) is 19.3. The number of aliphatic hydroxyl groups excluding tert-OH is 3. The van der Waals surface area contributed by atoms with Crippen LogP contribution in [0.2, 0.25) is 0 Å². The predicted molar refractivity (Wildman–Crippen MR) is 436 cm³/mol. The SMILES string of the molecule is CCCCNc1ncc2c(n1)N(C1CCC(O)CC1)CC2c1ccc(CN2CCN(C)CC2)cc1.CN1CCN(Cc2ccc(-c3cn(C4CCC(O)CC4)c4nc(NCCC5CC5)ncc34)cc2)CC1.CN1CCN(S(=O)(=O)c2ccc(-c3cn(C4CCC(O)CC4)c4nc(NCCC5CC5)ncc34)c(F)c2)CC1. The molecule has 17 rings (SSSR count). The molecule has 0 radical (unpaired) electrons. The highest BCUT2D eigenvalue weighted by Crippen LogP contribution is 2.45. The topological polar surface area (TPSA) is 241 Å². The highest BCUT2D eigenvalue weighted by molar-refractivity contribution is 7.89. The van der Waals surface area contributed by atoms with E-state index >= 15 is 4.39 Å². The molecule has 8 aromatic rings. The molecular weight excluding hydrogens is 1400 g/mol. The summed E-state index contributed by atoms with van der Waals surface area (Å²) < 4.78 is 48.0. The Kier molecular flexibility index (Phi) is 25.4. The molecule has 1 atom stereocenters. The zero-order chi connectivity index (χ0) is 75.8. The summed E-state index contributed by atoms with van der Waals surface area (Å²) >= 11 is 0. The Morgan fingerprint density at radius 2 is 0.945 bits per heavy atom. The van der Waals surface area contributed by atoms with Crippen LogP contribution in [0.5, 0.6) is 0 Å². The highest BCUT2D eigenvalue weighted by Gasteiger charge is 2.38. The Labute approximate surface area is 650 Å². The predicted octanol–water partition coefficient (Wildman–Crippen LogP) is 12.1. The molecule has 3 aromatic carbocycles. The van der Waals surface area contributed by atoms with E-state index in [4.69, 9.17) is 24.9 Å². The summed E-state index contributed by atoms with van der Waals surface area (Å²) in [6, 6.07) is 23.5. The zero-order valence-corrected chi connectivity index (χ0v) is 66.3. The van der Waals surface area contributed by atoms with E-state index in [-0.39, 0.29) is 29.2 Å². The lowest BCUT2D eigenvalue weighted by atomic mass is 9.91. The van der Waals surface area contributed by atoms with E-state index in [1.165, 1.54) is 75.9 Å². The lowest BCUT2D eigenvalue weighted by Crippen LogP contribution is -2.47.